The summed E-state index contributed by atoms with van der Waals surface area (Å²) >= 11 is 0. The zero-order valence-electron chi connectivity index (χ0n) is 12.3. The van der Waals surface area contributed by atoms with E-state index < -0.39 is 11.0 Å². The van der Waals surface area contributed by atoms with Crippen LogP contribution >= 0.6 is 0 Å². The quantitative estimate of drug-likeness (QED) is 0.610. The third-order valence-electron chi connectivity index (χ3n) is 3.25. The second-order valence-corrected chi connectivity index (χ2v) is 4.77. The summed E-state index contributed by atoms with van der Waals surface area (Å²) in [6, 6.07) is 5.77. The molecule has 22 heavy (non-hydrogen) atoms. The van der Waals surface area contributed by atoms with E-state index in [-0.39, 0.29) is 18.1 Å². The molecule has 0 spiro atoms. The number of carbonyl (C=O) groups is 1. The standard InChI is InChI=1S/C14H17N5O3/c1-15-13(11-8-17-18(2)9-11)14(20)16-7-10-5-3-4-6-12(10)19(21)22/h3-6,8-9,13,15H,7H2,1-2H3,(H,16,20). The second kappa shape index (κ2) is 6.81. The molecule has 8 nitrogen and oxygen atoms in total. The maximum absolute atomic E-state index is 12.3. The lowest BCUT2D eigenvalue weighted by atomic mass is 10.1. The molecule has 0 saturated carbocycles. The summed E-state index contributed by atoms with van der Waals surface area (Å²) in [5, 5.41) is 20.6. The molecule has 0 aliphatic heterocycles. The third-order valence-corrected chi connectivity index (χ3v) is 3.25. The van der Waals surface area contributed by atoms with Gasteiger partial charge in [-0.25, -0.2) is 0 Å². The van der Waals surface area contributed by atoms with Gasteiger partial charge in [-0.15, -0.1) is 0 Å². The van der Waals surface area contributed by atoms with Gasteiger partial charge in [0.05, 0.1) is 11.1 Å². The largest absolute Gasteiger partial charge is 0.350 e. The SMILES string of the molecule is CNC(C(=O)NCc1ccccc1[N+](=O)[O-])c1cnn(C)c1. The second-order valence-electron chi connectivity index (χ2n) is 4.77. The minimum atomic E-state index is -0.559. The maximum atomic E-state index is 12.3. The molecule has 1 atom stereocenters. The zero-order chi connectivity index (χ0) is 16.1. The summed E-state index contributed by atoms with van der Waals surface area (Å²) in [5.41, 5.74) is 1.18. The lowest BCUT2D eigenvalue weighted by Gasteiger charge is -2.14. The normalized spacial score (nSPS) is 11.9. The van der Waals surface area contributed by atoms with Crippen LogP contribution < -0.4 is 10.6 Å². The van der Waals surface area contributed by atoms with E-state index >= 15 is 0 Å². The van der Waals surface area contributed by atoms with Crippen molar-refractivity contribution >= 4 is 11.6 Å². The molecule has 0 radical (unpaired) electrons. The summed E-state index contributed by atoms with van der Waals surface area (Å²) in [6.07, 6.45) is 3.34. The Hall–Kier alpha value is -2.74. The van der Waals surface area contributed by atoms with E-state index in [0.717, 1.165) is 5.56 Å². The van der Waals surface area contributed by atoms with Gasteiger partial charge in [-0.2, -0.15) is 5.10 Å². The summed E-state index contributed by atoms with van der Waals surface area (Å²) in [7, 11) is 3.43. The number of nitro groups is 1. The number of carbonyl (C=O) groups excluding carboxylic acids is 1. The lowest BCUT2D eigenvalue weighted by Crippen LogP contribution is -2.35. The molecule has 0 bridgehead atoms. The number of hydrogen-bond donors (Lipinski definition) is 2. The van der Waals surface area contributed by atoms with E-state index in [0.29, 0.717) is 5.56 Å². The number of rotatable bonds is 6. The Labute approximate surface area is 127 Å². The molecule has 1 amide bonds. The van der Waals surface area contributed by atoms with Crippen molar-refractivity contribution in [3.05, 3.63) is 57.9 Å². The van der Waals surface area contributed by atoms with E-state index in [1.54, 1.807) is 49.4 Å². The summed E-state index contributed by atoms with van der Waals surface area (Å²) in [4.78, 5) is 22.7. The van der Waals surface area contributed by atoms with Crippen molar-refractivity contribution in [3.8, 4) is 0 Å². The molecular weight excluding hydrogens is 286 g/mol. The fraction of sp³-hybridized carbons (Fsp3) is 0.286. The number of nitrogens with zero attached hydrogens (tertiary/aromatic N) is 3. The van der Waals surface area contributed by atoms with E-state index in [9.17, 15) is 14.9 Å². The summed E-state index contributed by atoms with van der Waals surface area (Å²) in [5.74, 6) is -0.270. The summed E-state index contributed by atoms with van der Waals surface area (Å²) < 4.78 is 1.61. The Morgan fingerprint density at radius 3 is 2.77 bits per heavy atom. The molecule has 1 aromatic heterocycles. The fourth-order valence-electron chi connectivity index (χ4n) is 2.16. The Morgan fingerprint density at radius 1 is 1.45 bits per heavy atom. The zero-order valence-corrected chi connectivity index (χ0v) is 12.3. The van der Waals surface area contributed by atoms with Gasteiger partial charge in [-0.1, -0.05) is 18.2 Å². The molecule has 2 rings (SSSR count). The van der Waals surface area contributed by atoms with Crippen molar-refractivity contribution in [2.24, 2.45) is 7.05 Å². The molecule has 8 heteroatoms. The van der Waals surface area contributed by atoms with Crippen LogP contribution in [0.3, 0.4) is 0 Å². The Bertz CT molecular complexity index is 683. The highest BCUT2D eigenvalue weighted by Gasteiger charge is 2.21. The first kappa shape index (κ1) is 15.6. The Morgan fingerprint density at radius 2 is 2.18 bits per heavy atom. The van der Waals surface area contributed by atoms with Gasteiger partial charge < -0.3 is 10.6 Å². The van der Waals surface area contributed by atoms with Crippen LogP contribution in [0.4, 0.5) is 5.69 Å². The molecule has 0 fully saturated rings. The monoisotopic (exact) mass is 303 g/mol. The van der Waals surface area contributed by atoms with Crippen molar-refractivity contribution in [1.82, 2.24) is 20.4 Å². The van der Waals surface area contributed by atoms with Gasteiger partial charge >= 0.3 is 0 Å². The number of aromatic nitrogens is 2. The smallest absolute Gasteiger partial charge is 0.274 e. The van der Waals surface area contributed by atoms with E-state index in [4.69, 9.17) is 0 Å². The van der Waals surface area contributed by atoms with E-state index in [1.165, 1.54) is 6.07 Å². The van der Waals surface area contributed by atoms with E-state index in [1.807, 2.05) is 0 Å². The molecule has 1 unspecified atom stereocenters. The van der Waals surface area contributed by atoms with Crippen LogP contribution in [0.5, 0.6) is 0 Å². The molecule has 2 aromatic rings. The predicted molar refractivity (Wildman–Crippen MR) is 80.0 cm³/mol. The topological polar surface area (TPSA) is 102 Å². The van der Waals surface area contributed by atoms with Crippen molar-refractivity contribution in [2.45, 2.75) is 12.6 Å². The fourth-order valence-corrected chi connectivity index (χ4v) is 2.16. The highest BCUT2D eigenvalue weighted by Crippen LogP contribution is 2.18. The molecule has 2 N–H and O–H groups in total. The van der Waals surface area contributed by atoms with Crippen LogP contribution in [0, 0.1) is 10.1 Å². The minimum absolute atomic E-state index is 0.00909. The number of amides is 1. The molecule has 1 heterocycles. The number of aryl methyl sites for hydroxylation is 1. The predicted octanol–water partition coefficient (Wildman–Crippen LogP) is 0.905. The lowest BCUT2D eigenvalue weighted by molar-refractivity contribution is -0.385. The van der Waals surface area contributed by atoms with Gasteiger partial charge in [-0.3, -0.25) is 19.6 Å². The average Bonchev–Trinajstić information content (AvgIpc) is 2.92. The highest BCUT2D eigenvalue weighted by atomic mass is 16.6. The van der Waals surface area contributed by atoms with Crippen LogP contribution in [-0.2, 0) is 18.4 Å². The molecule has 0 aliphatic carbocycles. The Balaban J connectivity index is 2.07. The van der Waals surface area contributed by atoms with Crippen molar-refractivity contribution in [3.63, 3.8) is 0 Å². The van der Waals surface area contributed by atoms with Crippen LogP contribution in [0.2, 0.25) is 0 Å². The van der Waals surface area contributed by atoms with Gasteiger partial charge in [0.15, 0.2) is 0 Å². The number of likely N-dealkylation sites (N-methyl/N-ethyl adjacent to an activating group) is 1. The summed E-state index contributed by atoms with van der Waals surface area (Å²) in [6.45, 7) is 0.0917. The first-order valence-electron chi connectivity index (χ1n) is 6.68. The van der Waals surface area contributed by atoms with Crippen LogP contribution in [0.25, 0.3) is 0 Å². The average molecular weight is 303 g/mol. The van der Waals surface area contributed by atoms with E-state index in [2.05, 4.69) is 15.7 Å². The highest BCUT2D eigenvalue weighted by molar-refractivity contribution is 5.83. The number of benzene rings is 1. The molecule has 0 saturated heterocycles. The van der Waals surface area contributed by atoms with Gasteiger partial charge in [0.2, 0.25) is 5.91 Å². The van der Waals surface area contributed by atoms with Crippen LogP contribution in [0.1, 0.15) is 17.2 Å². The molecule has 1 aromatic carbocycles. The maximum Gasteiger partial charge on any atom is 0.274 e. The van der Waals surface area contributed by atoms with Crippen molar-refractivity contribution < 1.29 is 9.72 Å². The number of para-hydroxylation sites is 1. The molecular formula is C14H17N5O3. The first-order chi connectivity index (χ1) is 10.5. The number of hydrogen-bond acceptors (Lipinski definition) is 5. The van der Waals surface area contributed by atoms with Gasteiger partial charge in [0, 0.05) is 37.0 Å². The van der Waals surface area contributed by atoms with Crippen molar-refractivity contribution in [2.75, 3.05) is 7.05 Å². The third kappa shape index (κ3) is 3.47. The van der Waals surface area contributed by atoms with Crippen LogP contribution in [0.15, 0.2) is 36.7 Å². The van der Waals surface area contributed by atoms with Gasteiger partial charge in [0.25, 0.3) is 5.69 Å². The van der Waals surface area contributed by atoms with Gasteiger partial charge in [-0.05, 0) is 7.05 Å². The minimum Gasteiger partial charge on any atom is -0.350 e. The Kier molecular flexibility index (Phi) is 4.84. The number of nitrogens with one attached hydrogen (secondary N) is 2. The first-order valence-corrected chi connectivity index (χ1v) is 6.68. The number of nitro benzene ring substituents is 1. The molecule has 116 valence electrons. The van der Waals surface area contributed by atoms with Gasteiger partial charge in [0.1, 0.15) is 6.04 Å². The molecule has 0 aliphatic rings. The van der Waals surface area contributed by atoms with Crippen molar-refractivity contribution in [1.29, 1.82) is 0 Å². The van der Waals surface area contributed by atoms with Crippen LogP contribution in [-0.4, -0.2) is 27.7 Å².